The van der Waals surface area contributed by atoms with Crippen LogP contribution in [0.15, 0.2) is 88.7 Å². The molecule has 1 aromatic heterocycles. The Labute approximate surface area is 262 Å². The van der Waals surface area contributed by atoms with Gasteiger partial charge < -0.3 is 4.90 Å². The summed E-state index contributed by atoms with van der Waals surface area (Å²) in [6, 6.07) is 23.0. The number of fused-ring (bicyclic) bond motifs is 2. The molecule has 1 saturated heterocycles. The summed E-state index contributed by atoms with van der Waals surface area (Å²) in [5.74, 6) is -0.295. The number of pyridine rings is 1. The van der Waals surface area contributed by atoms with Crippen molar-refractivity contribution in [2.45, 2.75) is 48.8 Å². The summed E-state index contributed by atoms with van der Waals surface area (Å²) in [5, 5.41) is 0.325. The summed E-state index contributed by atoms with van der Waals surface area (Å²) < 4.78 is 13.5. The van der Waals surface area contributed by atoms with Crippen molar-refractivity contribution in [3.63, 3.8) is 0 Å². The SMILES string of the molecule is Cc1cc(C(=O)N2CC3(CCN(CC=Cc4ccc(C)c(C)c4)CC3)c3cc(Sc4ccc(F)cc4)ccc32)cc(Cl)n1. The molecule has 0 aliphatic carbocycles. The molecular weight excluding hydrogens is 577 g/mol. The largest absolute Gasteiger partial charge is 0.307 e. The van der Waals surface area contributed by atoms with Crippen molar-refractivity contribution in [2.75, 3.05) is 31.1 Å². The zero-order valence-corrected chi connectivity index (χ0v) is 26.3. The van der Waals surface area contributed by atoms with E-state index in [1.165, 1.54) is 34.4 Å². The maximum atomic E-state index is 13.9. The molecule has 0 N–H and O–H groups in total. The van der Waals surface area contributed by atoms with Gasteiger partial charge in [-0.1, -0.05) is 53.7 Å². The third-order valence-electron chi connectivity index (χ3n) is 8.77. The highest BCUT2D eigenvalue weighted by atomic mass is 35.5. The van der Waals surface area contributed by atoms with Crippen LogP contribution in [0.4, 0.5) is 10.1 Å². The highest BCUT2D eigenvalue weighted by Crippen LogP contribution is 2.49. The molecule has 0 atom stereocenters. The number of likely N-dealkylation sites (tertiary alicyclic amines) is 1. The van der Waals surface area contributed by atoms with Crippen molar-refractivity contribution < 1.29 is 9.18 Å². The van der Waals surface area contributed by atoms with Crippen molar-refractivity contribution in [3.05, 3.63) is 123 Å². The fourth-order valence-corrected chi connectivity index (χ4v) is 7.34. The molecule has 3 heterocycles. The molecule has 1 spiro atoms. The number of carbonyl (C=O) groups is 1. The molecule has 4 nitrogen and oxygen atoms in total. The molecule has 3 aromatic carbocycles. The highest BCUT2D eigenvalue weighted by molar-refractivity contribution is 7.99. The summed E-state index contributed by atoms with van der Waals surface area (Å²) in [6.45, 7) is 9.58. The van der Waals surface area contributed by atoms with E-state index in [0.29, 0.717) is 17.3 Å². The summed E-state index contributed by atoms with van der Waals surface area (Å²) >= 11 is 7.86. The molecule has 0 saturated carbocycles. The van der Waals surface area contributed by atoms with Crippen LogP contribution < -0.4 is 4.90 Å². The monoisotopic (exact) mass is 611 g/mol. The van der Waals surface area contributed by atoms with Crippen LogP contribution in [0.5, 0.6) is 0 Å². The van der Waals surface area contributed by atoms with Crippen molar-refractivity contribution in [1.82, 2.24) is 9.88 Å². The summed E-state index contributed by atoms with van der Waals surface area (Å²) in [6.07, 6.45) is 6.39. The maximum Gasteiger partial charge on any atom is 0.258 e. The van der Waals surface area contributed by atoms with Gasteiger partial charge in [0.1, 0.15) is 11.0 Å². The van der Waals surface area contributed by atoms with Gasteiger partial charge >= 0.3 is 0 Å². The van der Waals surface area contributed by atoms with Gasteiger partial charge in [0, 0.05) is 45.2 Å². The lowest BCUT2D eigenvalue weighted by Crippen LogP contribution is -2.46. The van der Waals surface area contributed by atoms with Gasteiger partial charge in [-0.3, -0.25) is 9.69 Å². The Morgan fingerprint density at radius 3 is 2.42 bits per heavy atom. The van der Waals surface area contributed by atoms with Gasteiger partial charge in [-0.05, 0) is 124 Å². The predicted octanol–water partition coefficient (Wildman–Crippen LogP) is 8.66. The third kappa shape index (κ3) is 6.42. The minimum atomic E-state index is -0.242. The summed E-state index contributed by atoms with van der Waals surface area (Å²) in [4.78, 5) is 24.7. The number of piperidine rings is 1. The topological polar surface area (TPSA) is 36.4 Å². The Morgan fingerprint density at radius 2 is 1.70 bits per heavy atom. The Kier molecular flexibility index (Phi) is 8.45. The second kappa shape index (κ2) is 12.3. The minimum absolute atomic E-state index is 0.0526. The summed E-state index contributed by atoms with van der Waals surface area (Å²) in [7, 11) is 0. The van der Waals surface area contributed by atoms with Gasteiger partial charge in [0.05, 0.1) is 0 Å². The molecule has 0 radical (unpaired) electrons. The quantitative estimate of drug-likeness (QED) is 0.204. The molecule has 0 bridgehead atoms. The molecule has 0 unspecified atom stereocenters. The number of nitrogens with zero attached hydrogens (tertiary/aromatic N) is 3. The second-order valence-corrected chi connectivity index (χ2v) is 13.3. The van der Waals surface area contributed by atoms with E-state index in [1.54, 1.807) is 30.0 Å². The van der Waals surface area contributed by atoms with E-state index in [0.717, 1.165) is 53.6 Å². The van der Waals surface area contributed by atoms with Crippen LogP contribution in [0.25, 0.3) is 6.08 Å². The molecule has 7 heteroatoms. The molecule has 43 heavy (non-hydrogen) atoms. The van der Waals surface area contributed by atoms with Gasteiger partial charge in [0.2, 0.25) is 0 Å². The molecule has 220 valence electrons. The first-order valence-electron chi connectivity index (χ1n) is 14.7. The number of amides is 1. The third-order valence-corrected chi connectivity index (χ3v) is 9.96. The van der Waals surface area contributed by atoms with Gasteiger partial charge in [-0.15, -0.1) is 0 Å². The molecule has 2 aliphatic heterocycles. The fourth-order valence-electron chi connectivity index (χ4n) is 6.24. The number of carbonyl (C=O) groups excluding carboxylic acids is 1. The molecule has 2 aliphatic rings. The van der Waals surface area contributed by atoms with Crippen LogP contribution in [0.1, 0.15) is 51.1 Å². The van der Waals surface area contributed by atoms with Gasteiger partial charge in [-0.2, -0.15) is 0 Å². The molecule has 1 fully saturated rings. The van der Waals surface area contributed by atoms with Crippen molar-refractivity contribution >= 4 is 41.0 Å². The number of hydrogen-bond donors (Lipinski definition) is 0. The van der Waals surface area contributed by atoms with E-state index in [-0.39, 0.29) is 17.1 Å². The van der Waals surface area contributed by atoms with E-state index in [1.807, 2.05) is 17.9 Å². The van der Waals surface area contributed by atoms with Crippen molar-refractivity contribution in [3.8, 4) is 0 Å². The Bertz CT molecular complexity index is 1680. The van der Waals surface area contributed by atoms with E-state index in [9.17, 15) is 9.18 Å². The van der Waals surface area contributed by atoms with E-state index in [2.05, 4.69) is 72.3 Å². The molecule has 1 amide bonds. The Balaban J connectivity index is 1.24. The fraction of sp³-hybridized carbons (Fsp3) is 0.278. The van der Waals surface area contributed by atoms with Crippen LogP contribution >= 0.6 is 23.4 Å². The van der Waals surface area contributed by atoms with Gasteiger partial charge in [-0.25, -0.2) is 9.37 Å². The number of aromatic nitrogens is 1. The number of anilines is 1. The minimum Gasteiger partial charge on any atom is -0.307 e. The highest BCUT2D eigenvalue weighted by Gasteiger charge is 2.46. The molecule has 6 rings (SSSR count). The lowest BCUT2D eigenvalue weighted by molar-refractivity contribution is 0.0977. The standard InChI is InChI=1S/C36H35ClFN3OS/c1-24-6-7-27(19-25(24)2)5-4-16-40-17-14-36(15-18-40)23-41(35(42)28-20-26(3)39-34(37)21-28)33-13-12-31(22-32(33)36)43-30-10-8-29(38)9-11-30/h4-13,19-22H,14-18,23H2,1-3H3. The van der Waals surface area contributed by atoms with Crippen LogP contribution in [-0.2, 0) is 5.41 Å². The smallest absolute Gasteiger partial charge is 0.258 e. The number of halogens is 2. The Morgan fingerprint density at radius 1 is 0.953 bits per heavy atom. The normalized spacial score (nSPS) is 16.3. The summed E-state index contributed by atoms with van der Waals surface area (Å²) in [5.41, 5.74) is 7.17. The first-order valence-corrected chi connectivity index (χ1v) is 15.9. The van der Waals surface area contributed by atoms with E-state index in [4.69, 9.17) is 11.6 Å². The van der Waals surface area contributed by atoms with Crippen molar-refractivity contribution in [1.29, 1.82) is 0 Å². The maximum absolute atomic E-state index is 13.9. The number of benzene rings is 3. The van der Waals surface area contributed by atoms with Crippen LogP contribution in [0.3, 0.4) is 0 Å². The second-order valence-electron chi connectivity index (χ2n) is 11.8. The lowest BCUT2D eigenvalue weighted by atomic mass is 9.74. The number of hydrogen-bond acceptors (Lipinski definition) is 4. The first-order chi connectivity index (χ1) is 20.7. The number of aryl methyl sites for hydroxylation is 3. The molecule has 4 aromatic rings. The average Bonchev–Trinajstić information content (AvgIpc) is 3.29. The van der Waals surface area contributed by atoms with E-state index >= 15 is 0 Å². The van der Waals surface area contributed by atoms with Gasteiger partial charge in [0.15, 0.2) is 0 Å². The van der Waals surface area contributed by atoms with Crippen LogP contribution in [0.2, 0.25) is 5.15 Å². The number of rotatable bonds is 6. The van der Waals surface area contributed by atoms with Crippen LogP contribution in [0, 0.1) is 26.6 Å². The first kappa shape index (κ1) is 29.6. The van der Waals surface area contributed by atoms with Gasteiger partial charge in [0.25, 0.3) is 5.91 Å². The zero-order chi connectivity index (χ0) is 30.1. The van der Waals surface area contributed by atoms with E-state index < -0.39 is 0 Å². The van der Waals surface area contributed by atoms with Crippen molar-refractivity contribution in [2.24, 2.45) is 0 Å². The molecular formula is C36H35ClFN3OS. The van der Waals surface area contributed by atoms with Crippen LogP contribution in [-0.4, -0.2) is 42.0 Å². The lowest BCUT2D eigenvalue weighted by Gasteiger charge is -2.39. The Hall–Kier alpha value is -3.45. The predicted molar refractivity (Wildman–Crippen MR) is 175 cm³/mol. The average molecular weight is 612 g/mol. The zero-order valence-electron chi connectivity index (χ0n) is 24.7.